The summed E-state index contributed by atoms with van der Waals surface area (Å²) in [6.07, 6.45) is 2.39. The van der Waals surface area contributed by atoms with Crippen LogP contribution >= 0.6 is 11.6 Å². The molecule has 1 amide bonds. The summed E-state index contributed by atoms with van der Waals surface area (Å²) in [4.78, 5) is 14.2. The van der Waals surface area contributed by atoms with Gasteiger partial charge in [-0.3, -0.25) is 14.4 Å². The Morgan fingerprint density at radius 3 is 2.89 bits per heavy atom. The average Bonchev–Trinajstić information content (AvgIpc) is 2.75. The SMILES string of the molecule is Cn1ncc(Cl)c1C(=O)NCCCN1CCOCC1. The van der Waals surface area contributed by atoms with Gasteiger partial charge in [-0.05, 0) is 13.0 Å². The van der Waals surface area contributed by atoms with Crippen LogP contribution in [0.1, 0.15) is 16.9 Å². The molecule has 0 aliphatic carbocycles. The second-order valence-corrected chi connectivity index (χ2v) is 4.94. The molecule has 0 bridgehead atoms. The number of aromatic nitrogens is 2. The van der Waals surface area contributed by atoms with Gasteiger partial charge in [-0.2, -0.15) is 5.10 Å². The maximum Gasteiger partial charge on any atom is 0.271 e. The van der Waals surface area contributed by atoms with Crippen LogP contribution < -0.4 is 5.32 Å². The summed E-state index contributed by atoms with van der Waals surface area (Å²) in [6, 6.07) is 0. The molecule has 0 radical (unpaired) electrons. The van der Waals surface area contributed by atoms with E-state index >= 15 is 0 Å². The van der Waals surface area contributed by atoms with E-state index < -0.39 is 0 Å². The molecule has 1 aliphatic heterocycles. The average molecular weight is 287 g/mol. The van der Waals surface area contributed by atoms with Gasteiger partial charge in [-0.1, -0.05) is 11.6 Å². The first kappa shape index (κ1) is 14.3. The van der Waals surface area contributed by atoms with Crippen LogP contribution in [-0.2, 0) is 11.8 Å². The topological polar surface area (TPSA) is 59.4 Å². The second-order valence-electron chi connectivity index (χ2n) is 4.53. The van der Waals surface area contributed by atoms with E-state index in [4.69, 9.17) is 16.3 Å². The van der Waals surface area contributed by atoms with Gasteiger partial charge < -0.3 is 10.1 Å². The molecule has 19 heavy (non-hydrogen) atoms. The Bertz CT molecular complexity index is 410. The van der Waals surface area contributed by atoms with Gasteiger partial charge in [0.1, 0.15) is 5.69 Å². The molecular formula is C12H19ClN4O2. The second kappa shape index (κ2) is 6.88. The number of carbonyl (C=O) groups is 1. The maximum absolute atomic E-state index is 11.9. The molecule has 1 saturated heterocycles. The van der Waals surface area contributed by atoms with E-state index in [0.29, 0.717) is 17.3 Å². The monoisotopic (exact) mass is 286 g/mol. The molecule has 0 saturated carbocycles. The minimum absolute atomic E-state index is 0.174. The fourth-order valence-corrected chi connectivity index (χ4v) is 2.33. The van der Waals surface area contributed by atoms with Crippen molar-refractivity contribution >= 4 is 17.5 Å². The molecule has 106 valence electrons. The van der Waals surface area contributed by atoms with Crippen molar-refractivity contribution in [2.24, 2.45) is 7.05 Å². The molecule has 1 aromatic heterocycles. The number of nitrogens with one attached hydrogen (secondary N) is 1. The minimum atomic E-state index is -0.174. The molecule has 7 heteroatoms. The quantitative estimate of drug-likeness (QED) is 0.802. The van der Waals surface area contributed by atoms with Crippen LogP contribution in [0, 0.1) is 0 Å². The number of amides is 1. The van der Waals surface area contributed by atoms with Crippen molar-refractivity contribution in [3.63, 3.8) is 0 Å². The van der Waals surface area contributed by atoms with Crippen LogP contribution in [0.15, 0.2) is 6.20 Å². The summed E-state index contributed by atoms with van der Waals surface area (Å²) < 4.78 is 6.77. The number of ether oxygens (including phenoxy) is 1. The van der Waals surface area contributed by atoms with Gasteiger partial charge in [0.05, 0.1) is 24.4 Å². The van der Waals surface area contributed by atoms with Crippen LogP contribution in [0.25, 0.3) is 0 Å². The molecule has 1 aliphatic rings. The fraction of sp³-hybridized carbons (Fsp3) is 0.667. The van der Waals surface area contributed by atoms with Gasteiger partial charge in [-0.15, -0.1) is 0 Å². The highest BCUT2D eigenvalue weighted by molar-refractivity contribution is 6.33. The van der Waals surface area contributed by atoms with E-state index in [1.54, 1.807) is 7.05 Å². The zero-order valence-electron chi connectivity index (χ0n) is 11.1. The highest BCUT2D eigenvalue weighted by Gasteiger charge is 2.15. The summed E-state index contributed by atoms with van der Waals surface area (Å²) >= 11 is 5.91. The van der Waals surface area contributed by atoms with E-state index in [2.05, 4.69) is 15.3 Å². The summed E-state index contributed by atoms with van der Waals surface area (Å²) in [5, 5.41) is 7.19. The van der Waals surface area contributed by atoms with Crippen molar-refractivity contribution in [1.82, 2.24) is 20.0 Å². The minimum Gasteiger partial charge on any atom is -0.379 e. The Hall–Kier alpha value is -1.11. The highest BCUT2D eigenvalue weighted by Crippen LogP contribution is 2.13. The lowest BCUT2D eigenvalue weighted by molar-refractivity contribution is 0.0374. The third-order valence-electron chi connectivity index (χ3n) is 3.15. The first-order valence-corrected chi connectivity index (χ1v) is 6.82. The fourth-order valence-electron chi connectivity index (χ4n) is 2.08. The van der Waals surface area contributed by atoms with Gasteiger partial charge in [0.2, 0.25) is 0 Å². The lowest BCUT2D eigenvalue weighted by atomic mass is 10.3. The molecule has 1 fully saturated rings. The Morgan fingerprint density at radius 2 is 2.26 bits per heavy atom. The third kappa shape index (κ3) is 3.92. The summed E-state index contributed by atoms with van der Waals surface area (Å²) in [5.41, 5.74) is 0.410. The molecule has 0 spiro atoms. The standard InChI is InChI=1S/C12H19ClN4O2/c1-16-11(10(13)9-15-16)12(18)14-3-2-4-17-5-7-19-8-6-17/h9H,2-8H2,1H3,(H,14,18). The van der Waals surface area contributed by atoms with E-state index in [1.165, 1.54) is 10.9 Å². The molecular weight excluding hydrogens is 268 g/mol. The molecule has 0 unspecified atom stereocenters. The smallest absolute Gasteiger partial charge is 0.271 e. The van der Waals surface area contributed by atoms with Crippen molar-refractivity contribution in [3.8, 4) is 0 Å². The van der Waals surface area contributed by atoms with Crippen LogP contribution in [0.4, 0.5) is 0 Å². The van der Waals surface area contributed by atoms with Gasteiger partial charge in [0, 0.05) is 26.7 Å². The van der Waals surface area contributed by atoms with Crippen molar-refractivity contribution in [2.75, 3.05) is 39.4 Å². The molecule has 2 heterocycles. The molecule has 1 N–H and O–H groups in total. The number of morpholine rings is 1. The highest BCUT2D eigenvalue weighted by atomic mass is 35.5. The van der Waals surface area contributed by atoms with Crippen molar-refractivity contribution in [2.45, 2.75) is 6.42 Å². The lowest BCUT2D eigenvalue weighted by Crippen LogP contribution is -2.38. The number of hydrogen-bond acceptors (Lipinski definition) is 4. The zero-order valence-corrected chi connectivity index (χ0v) is 11.8. The Morgan fingerprint density at radius 1 is 1.53 bits per heavy atom. The maximum atomic E-state index is 11.9. The number of carbonyl (C=O) groups excluding carboxylic acids is 1. The van der Waals surface area contributed by atoms with Crippen molar-refractivity contribution in [1.29, 1.82) is 0 Å². The predicted molar refractivity (Wildman–Crippen MR) is 72.4 cm³/mol. The summed E-state index contributed by atoms with van der Waals surface area (Å²) in [5.74, 6) is -0.174. The molecule has 1 aromatic rings. The van der Waals surface area contributed by atoms with Crippen LogP contribution in [-0.4, -0.2) is 60.0 Å². The Kier molecular flexibility index (Phi) is 5.18. The van der Waals surface area contributed by atoms with E-state index in [0.717, 1.165) is 39.3 Å². The van der Waals surface area contributed by atoms with Crippen LogP contribution in [0.5, 0.6) is 0 Å². The molecule has 0 aromatic carbocycles. The van der Waals surface area contributed by atoms with Gasteiger partial charge in [0.15, 0.2) is 0 Å². The number of rotatable bonds is 5. The molecule has 2 rings (SSSR count). The van der Waals surface area contributed by atoms with Crippen LogP contribution in [0.2, 0.25) is 5.02 Å². The molecule has 0 atom stereocenters. The summed E-state index contributed by atoms with van der Waals surface area (Å²) in [7, 11) is 1.70. The molecule has 6 nitrogen and oxygen atoms in total. The largest absolute Gasteiger partial charge is 0.379 e. The van der Waals surface area contributed by atoms with E-state index in [-0.39, 0.29) is 5.91 Å². The van der Waals surface area contributed by atoms with E-state index in [9.17, 15) is 4.79 Å². The normalized spacial score (nSPS) is 16.5. The number of aryl methyl sites for hydroxylation is 1. The first-order chi connectivity index (χ1) is 9.18. The summed E-state index contributed by atoms with van der Waals surface area (Å²) in [6.45, 7) is 5.16. The van der Waals surface area contributed by atoms with Gasteiger partial charge in [-0.25, -0.2) is 0 Å². The predicted octanol–water partition coefficient (Wildman–Crippen LogP) is 0.526. The van der Waals surface area contributed by atoms with Gasteiger partial charge in [0.25, 0.3) is 5.91 Å². The van der Waals surface area contributed by atoms with E-state index in [1.807, 2.05) is 0 Å². The first-order valence-electron chi connectivity index (χ1n) is 6.44. The zero-order chi connectivity index (χ0) is 13.7. The van der Waals surface area contributed by atoms with Crippen molar-refractivity contribution < 1.29 is 9.53 Å². The van der Waals surface area contributed by atoms with Crippen LogP contribution in [0.3, 0.4) is 0 Å². The lowest BCUT2D eigenvalue weighted by Gasteiger charge is -2.26. The Labute approximate surface area is 117 Å². The Balaban J connectivity index is 1.69. The van der Waals surface area contributed by atoms with Crippen molar-refractivity contribution in [3.05, 3.63) is 16.9 Å². The number of nitrogens with zero attached hydrogens (tertiary/aromatic N) is 3. The van der Waals surface area contributed by atoms with Gasteiger partial charge >= 0.3 is 0 Å². The third-order valence-corrected chi connectivity index (χ3v) is 3.43. The number of hydrogen-bond donors (Lipinski definition) is 1. The number of halogens is 1.